The Bertz CT molecular complexity index is 1070. The molecule has 1 heterocycles. The van der Waals surface area contributed by atoms with Gasteiger partial charge in [-0.25, -0.2) is 4.98 Å². The van der Waals surface area contributed by atoms with Crippen molar-refractivity contribution in [2.45, 2.75) is 12.7 Å². The number of rotatable bonds is 4. The lowest BCUT2D eigenvalue weighted by atomic mass is 10.2. The van der Waals surface area contributed by atoms with Crippen molar-refractivity contribution >= 4 is 38.4 Å². The van der Waals surface area contributed by atoms with Crippen LogP contribution >= 0.6 is 15.9 Å². The molecular formula is C17H12BrF3N4O2. The number of hydrazine groups is 1. The molecule has 3 rings (SSSR count). The second kappa shape index (κ2) is 7.39. The van der Waals surface area contributed by atoms with E-state index >= 15 is 0 Å². The summed E-state index contributed by atoms with van der Waals surface area (Å²) < 4.78 is 39.9. The Labute approximate surface area is 159 Å². The van der Waals surface area contributed by atoms with Crippen molar-refractivity contribution in [1.82, 2.24) is 15.0 Å². The van der Waals surface area contributed by atoms with Crippen LogP contribution in [0.1, 0.15) is 5.56 Å². The van der Waals surface area contributed by atoms with E-state index in [1.165, 1.54) is 18.5 Å². The van der Waals surface area contributed by atoms with E-state index in [0.29, 0.717) is 15.4 Å². The number of hydrogen-bond donors (Lipinski definition) is 2. The van der Waals surface area contributed by atoms with Crippen molar-refractivity contribution in [1.29, 1.82) is 0 Å². The molecule has 2 aromatic carbocycles. The van der Waals surface area contributed by atoms with Crippen molar-refractivity contribution in [3.05, 3.63) is 69.2 Å². The van der Waals surface area contributed by atoms with E-state index in [1.807, 2.05) is 0 Å². The fourth-order valence-corrected chi connectivity index (χ4v) is 2.71. The minimum absolute atomic E-state index is 0.0612. The summed E-state index contributed by atoms with van der Waals surface area (Å²) in [6.07, 6.45) is -3.25. The largest absolute Gasteiger partial charge is 0.416 e. The number of nitrogens with one attached hydrogen (secondary N) is 2. The van der Waals surface area contributed by atoms with Gasteiger partial charge in [-0.3, -0.25) is 25.0 Å². The number of amides is 1. The Balaban J connectivity index is 1.71. The number of fused-ring (bicyclic) bond motifs is 1. The quantitative estimate of drug-likeness (QED) is 0.610. The Morgan fingerprint density at radius 3 is 2.70 bits per heavy atom. The Hall–Kier alpha value is -2.88. The molecule has 3 aromatic rings. The topological polar surface area (TPSA) is 76.0 Å². The van der Waals surface area contributed by atoms with Crippen molar-refractivity contribution < 1.29 is 18.0 Å². The van der Waals surface area contributed by atoms with Crippen LogP contribution in [0, 0.1) is 0 Å². The molecule has 10 heteroatoms. The molecule has 140 valence electrons. The number of carbonyl (C=O) groups excluding carboxylic acids is 1. The summed E-state index contributed by atoms with van der Waals surface area (Å²) in [5, 5.41) is 0.338. The predicted octanol–water partition coefficient (Wildman–Crippen LogP) is 3.32. The maximum Gasteiger partial charge on any atom is 0.416 e. The maximum atomic E-state index is 12.7. The lowest BCUT2D eigenvalue weighted by Crippen LogP contribution is -2.35. The highest BCUT2D eigenvalue weighted by atomic mass is 79.9. The fraction of sp³-hybridized carbons (Fsp3) is 0.118. The Kier molecular flexibility index (Phi) is 5.17. The average molecular weight is 441 g/mol. The van der Waals surface area contributed by atoms with E-state index in [0.717, 1.165) is 16.7 Å². The third-order valence-electron chi connectivity index (χ3n) is 3.64. The van der Waals surface area contributed by atoms with Gasteiger partial charge in [0.05, 0.1) is 28.5 Å². The van der Waals surface area contributed by atoms with Crippen LogP contribution in [0.5, 0.6) is 0 Å². The van der Waals surface area contributed by atoms with Crippen LogP contribution in [0.3, 0.4) is 0 Å². The summed E-state index contributed by atoms with van der Waals surface area (Å²) >= 11 is 3.27. The number of anilines is 1. The first-order valence-electron chi connectivity index (χ1n) is 7.61. The van der Waals surface area contributed by atoms with Gasteiger partial charge >= 0.3 is 6.18 Å². The van der Waals surface area contributed by atoms with E-state index in [-0.39, 0.29) is 12.2 Å². The van der Waals surface area contributed by atoms with Gasteiger partial charge in [-0.1, -0.05) is 22.0 Å². The first-order chi connectivity index (χ1) is 12.7. The number of nitrogens with zero attached hydrogens (tertiary/aromatic N) is 2. The molecule has 6 nitrogen and oxygen atoms in total. The molecule has 0 fully saturated rings. The summed E-state index contributed by atoms with van der Waals surface area (Å²) in [4.78, 5) is 28.6. The van der Waals surface area contributed by atoms with Gasteiger partial charge in [0.1, 0.15) is 6.54 Å². The molecule has 0 aliphatic heterocycles. The minimum atomic E-state index is -4.49. The summed E-state index contributed by atoms with van der Waals surface area (Å²) in [6.45, 7) is -0.347. The third kappa shape index (κ3) is 4.45. The van der Waals surface area contributed by atoms with Gasteiger partial charge in [-0.15, -0.1) is 0 Å². The smallest absolute Gasteiger partial charge is 0.299 e. The molecular weight excluding hydrogens is 429 g/mol. The lowest BCUT2D eigenvalue weighted by molar-refractivity contribution is -0.137. The molecule has 0 spiro atoms. The normalized spacial score (nSPS) is 11.4. The van der Waals surface area contributed by atoms with Crippen LogP contribution in [0.15, 0.2) is 58.1 Å². The van der Waals surface area contributed by atoms with E-state index < -0.39 is 23.2 Å². The number of benzene rings is 2. The molecule has 0 bridgehead atoms. The molecule has 0 saturated heterocycles. The average Bonchev–Trinajstić information content (AvgIpc) is 2.62. The van der Waals surface area contributed by atoms with Crippen LogP contribution in [0.25, 0.3) is 10.9 Å². The highest BCUT2D eigenvalue weighted by Gasteiger charge is 2.30. The van der Waals surface area contributed by atoms with Gasteiger partial charge in [-0.05, 0) is 36.4 Å². The van der Waals surface area contributed by atoms with E-state index in [9.17, 15) is 22.8 Å². The standard InChI is InChI=1S/C17H12BrF3N4O2/c18-11-4-5-14-13(7-11)16(27)25(9-22-14)8-15(26)24-23-12-3-1-2-10(6-12)17(19,20)21/h1-7,9,23H,8H2,(H,24,26). The minimum Gasteiger partial charge on any atom is -0.299 e. The van der Waals surface area contributed by atoms with E-state index in [4.69, 9.17) is 0 Å². The number of alkyl halides is 3. The van der Waals surface area contributed by atoms with Crippen LogP contribution in [0.2, 0.25) is 0 Å². The summed E-state index contributed by atoms with van der Waals surface area (Å²) in [5.74, 6) is -0.620. The third-order valence-corrected chi connectivity index (χ3v) is 4.13. The second-order valence-electron chi connectivity index (χ2n) is 5.59. The Morgan fingerprint density at radius 2 is 1.96 bits per heavy atom. The monoisotopic (exact) mass is 440 g/mol. The highest BCUT2D eigenvalue weighted by Crippen LogP contribution is 2.30. The molecule has 1 amide bonds. The maximum absolute atomic E-state index is 12.7. The number of halogens is 4. The Morgan fingerprint density at radius 1 is 1.19 bits per heavy atom. The van der Waals surface area contributed by atoms with Crippen molar-refractivity contribution in [2.24, 2.45) is 0 Å². The number of carbonyl (C=O) groups is 1. The molecule has 0 atom stereocenters. The molecule has 0 saturated carbocycles. The molecule has 0 aliphatic carbocycles. The first kappa shape index (κ1) is 18.9. The van der Waals surface area contributed by atoms with E-state index in [2.05, 4.69) is 31.8 Å². The summed E-state index contributed by atoms with van der Waals surface area (Å²) in [6, 6.07) is 9.38. The van der Waals surface area contributed by atoms with Crippen LogP contribution in [-0.2, 0) is 17.5 Å². The lowest BCUT2D eigenvalue weighted by Gasteiger charge is -2.12. The molecule has 27 heavy (non-hydrogen) atoms. The summed E-state index contributed by atoms with van der Waals surface area (Å²) in [7, 11) is 0. The van der Waals surface area contributed by atoms with Crippen LogP contribution in [-0.4, -0.2) is 15.5 Å². The fourth-order valence-electron chi connectivity index (χ4n) is 2.35. The van der Waals surface area contributed by atoms with Gasteiger partial charge < -0.3 is 0 Å². The van der Waals surface area contributed by atoms with Gasteiger partial charge in [0.15, 0.2) is 0 Å². The molecule has 0 unspecified atom stereocenters. The molecule has 0 radical (unpaired) electrons. The van der Waals surface area contributed by atoms with Gasteiger partial charge in [0.2, 0.25) is 0 Å². The zero-order chi connectivity index (χ0) is 19.6. The van der Waals surface area contributed by atoms with Crippen molar-refractivity contribution in [3.8, 4) is 0 Å². The molecule has 2 N–H and O–H groups in total. The first-order valence-corrected chi connectivity index (χ1v) is 8.40. The SMILES string of the molecule is O=C(Cn1cnc2ccc(Br)cc2c1=O)NNc1cccc(C(F)(F)F)c1. The summed E-state index contributed by atoms with van der Waals surface area (Å²) in [5.41, 5.74) is 3.96. The van der Waals surface area contributed by atoms with Gasteiger partial charge in [-0.2, -0.15) is 13.2 Å². The van der Waals surface area contributed by atoms with Crippen LogP contribution < -0.4 is 16.4 Å². The highest BCUT2D eigenvalue weighted by molar-refractivity contribution is 9.10. The second-order valence-corrected chi connectivity index (χ2v) is 6.51. The van der Waals surface area contributed by atoms with Crippen molar-refractivity contribution in [3.63, 3.8) is 0 Å². The van der Waals surface area contributed by atoms with Gasteiger partial charge in [0, 0.05) is 4.47 Å². The predicted molar refractivity (Wildman–Crippen MR) is 96.9 cm³/mol. The molecule has 1 aromatic heterocycles. The van der Waals surface area contributed by atoms with Crippen LogP contribution in [0.4, 0.5) is 18.9 Å². The van der Waals surface area contributed by atoms with Gasteiger partial charge in [0.25, 0.3) is 11.5 Å². The van der Waals surface area contributed by atoms with E-state index in [1.54, 1.807) is 18.2 Å². The van der Waals surface area contributed by atoms with Crippen molar-refractivity contribution in [2.75, 3.05) is 5.43 Å². The number of aromatic nitrogens is 2. The zero-order valence-corrected chi connectivity index (χ0v) is 15.1. The number of hydrogen-bond acceptors (Lipinski definition) is 4. The molecule has 0 aliphatic rings. The zero-order valence-electron chi connectivity index (χ0n) is 13.5.